The number of nitrogens with zero attached hydrogens (tertiary/aromatic N) is 1. The number of anilines is 1. The standard InChI is InChI=1S/C10H13N3O3/c1-11-10-6-3-2-4-7(13(15)16)9(6)12-5-8(10)14/h2-4,8,10-12,14H,5H2,1H3/t8-,10-/m1/s1. The maximum atomic E-state index is 10.8. The van der Waals surface area contributed by atoms with Gasteiger partial charge in [-0.2, -0.15) is 0 Å². The van der Waals surface area contributed by atoms with E-state index in [9.17, 15) is 15.2 Å². The minimum absolute atomic E-state index is 0.0460. The minimum Gasteiger partial charge on any atom is -0.389 e. The molecule has 1 aromatic rings. The quantitative estimate of drug-likeness (QED) is 0.506. The van der Waals surface area contributed by atoms with E-state index in [1.165, 1.54) is 6.07 Å². The first-order chi connectivity index (χ1) is 7.65. The summed E-state index contributed by atoms with van der Waals surface area (Å²) in [5.41, 5.74) is 1.28. The summed E-state index contributed by atoms with van der Waals surface area (Å²) in [5.74, 6) is 0. The Kier molecular flexibility index (Phi) is 2.76. The number of β-amino-alcohol motifs (C(OH)–C–C–N with tert-alkyl or cyclic N) is 1. The average Bonchev–Trinajstić information content (AvgIpc) is 2.27. The third-order valence-electron chi connectivity index (χ3n) is 2.79. The highest BCUT2D eigenvalue weighted by molar-refractivity contribution is 5.68. The van der Waals surface area contributed by atoms with Crippen LogP contribution in [0.25, 0.3) is 0 Å². The van der Waals surface area contributed by atoms with Gasteiger partial charge in [-0.05, 0) is 7.05 Å². The Bertz CT molecular complexity index is 422. The first kappa shape index (κ1) is 10.8. The zero-order valence-electron chi connectivity index (χ0n) is 8.80. The summed E-state index contributed by atoms with van der Waals surface area (Å²) in [7, 11) is 1.72. The first-order valence-corrected chi connectivity index (χ1v) is 5.01. The van der Waals surface area contributed by atoms with Gasteiger partial charge >= 0.3 is 0 Å². The van der Waals surface area contributed by atoms with Gasteiger partial charge in [0.2, 0.25) is 0 Å². The molecule has 16 heavy (non-hydrogen) atoms. The fourth-order valence-electron chi connectivity index (χ4n) is 2.04. The molecule has 3 N–H and O–H groups in total. The van der Waals surface area contributed by atoms with Crippen molar-refractivity contribution in [3.63, 3.8) is 0 Å². The summed E-state index contributed by atoms with van der Waals surface area (Å²) in [4.78, 5) is 10.4. The predicted molar refractivity (Wildman–Crippen MR) is 59.4 cm³/mol. The lowest BCUT2D eigenvalue weighted by Crippen LogP contribution is -2.39. The van der Waals surface area contributed by atoms with Crippen molar-refractivity contribution in [3.8, 4) is 0 Å². The molecule has 0 saturated heterocycles. The number of nitrogens with one attached hydrogen (secondary N) is 2. The molecule has 1 aliphatic rings. The van der Waals surface area contributed by atoms with Gasteiger partial charge in [0.15, 0.2) is 0 Å². The zero-order chi connectivity index (χ0) is 11.7. The highest BCUT2D eigenvalue weighted by atomic mass is 16.6. The molecule has 0 fully saturated rings. The van der Waals surface area contributed by atoms with E-state index in [1.54, 1.807) is 19.2 Å². The number of aliphatic hydroxyl groups excluding tert-OH is 1. The van der Waals surface area contributed by atoms with Gasteiger partial charge in [0, 0.05) is 18.2 Å². The molecule has 1 aromatic carbocycles. The van der Waals surface area contributed by atoms with E-state index in [0.717, 1.165) is 5.56 Å². The number of hydrogen-bond donors (Lipinski definition) is 3. The van der Waals surface area contributed by atoms with Crippen molar-refractivity contribution in [3.05, 3.63) is 33.9 Å². The van der Waals surface area contributed by atoms with E-state index in [0.29, 0.717) is 12.2 Å². The number of benzene rings is 1. The van der Waals surface area contributed by atoms with Crippen LogP contribution in [0.3, 0.4) is 0 Å². The number of likely N-dealkylation sites (N-methyl/N-ethyl adjacent to an activating group) is 1. The van der Waals surface area contributed by atoms with Crippen molar-refractivity contribution in [1.82, 2.24) is 5.32 Å². The van der Waals surface area contributed by atoms with E-state index < -0.39 is 11.0 Å². The van der Waals surface area contributed by atoms with Gasteiger partial charge in [0.1, 0.15) is 5.69 Å². The maximum absolute atomic E-state index is 10.8. The summed E-state index contributed by atoms with van der Waals surface area (Å²) < 4.78 is 0. The second-order valence-electron chi connectivity index (χ2n) is 3.71. The lowest BCUT2D eigenvalue weighted by molar-refractivity contribution is -0.384. The number of para-hydroxylation sites is 1. The summed E-state index contributed by atoms with van der Waals surface area (Å²) in [5, 5.41) is 26.4. The number of nitro benzene ring substituents is 1. The Hall–Kier alpha value is -1.66. The van der Waals surface area contributed by atoms with Gasteiger partial charge in [-0.3, -0.25) is 10.1 Å². The summed E-state index contributed by atoms with van der Waals surface area (Å²) in [6.45, 7) is 0.309. The fraction of sp³-hybridized carbons (Fsp3) is 0.400. The normalized spacial score (nSPS) is 23.4. The minimum atomic E-state index is -0.584. The highest BCUT2D eigenvalue weighted by Gasteiger charge is 2.31. The monoisotopic (exact) mass is 223 g/mol. The predicted octanol–water partition coefficient (Wildman–Crippen LogP) is 0.642. The summed E-state index contributed by atoms with van der Waals surface area (Å²) in [6, 6.07) is 4.59. The van der Waals surface area contributed by atoms with Gasteiger partial charge < -0.3 is 15.7 Å². The highest BCUT2D eigenvalue weighted by Crippen LogP contribution is 2.36. The SMILES string of the molecule is CN[C@@H]1c2cccc([N+](=O)[O-])c2NC[C@H]1O. The largest absolute Gasteiger partial charge is 0.389 e. The van der Waals surface area contributed by atoms with Crippen LogP contribution < -0.4 is 10.6 Å². The number of rotatable bonds is 2. The van der Waals surface area contributed by atoms with E-state index in [4.69, 9.17) is 0 Å². The van der Waals surface area contributed by atoms with Crippen molar-refractivity contribution in [2.24, 2.45) is 0 Å². The number of hydrogen-bond acceptors (Lipinski definition) is 5. The molecule has 0 spiro atoms. The molecule has 0 saturated carbocycles. The van der Waals surface area contributed by atoms with E-state index >= 15 is 0 Å². The van der Waals surface area contributed by atoms with Gasteiger partial charge in [-0.25, -0.2) is 0 Å². The molecule has 2 rings (SSSR count). The van der Waals surface area contributed by atoms with Crippen molar-refractivity contribution in [2.45, 2.75) is 12.1 Å². The summed E-state index contributed by atoms with van der Waals surface area (Å²) >= 11 is 0. The van der Waals surface area contributed by atoms with Crippen molar-refractivity contribution in [1.29, 1.82) is 0 Å². The molecule has 6 nitrogen and oxygen atoms in total. The Morgan fingerprint density at radius 1 is 1.62 bits per heavy atom. The number of nitro groups is 1. The molecular weight excluding hydrogens is 210 g/mol. The molecule has 0 radical (unpaired) electrons. The van der Waals surface area contributed by atoms with Crippen molar-refractivity contribution < 1.29 is 10.0 Å². The van der Waals surface area contributed by atoms with Gasteiger partial charge in [0.05, 0.1) is 17.1 Å². The second kappa shape index (κ2) is 4.07. The molecule has 1 aliphatic heterocycles. The molecule has 0 aliphatic carbocycles. The van der Waals surface area contributed by atoms with Gasteiger partial charge in [-0.15, -0.1) is 0 Å². The number of fused-ring (bicyclic) bond motifs is 1. The van der Waals surface area contributed by atoms with E-state index in [1.807, 2.05) is 0 Å². The van der Waals surface area contributed by atoms with Crippen LogP contribution >= 0.6 is 0 Å². The molecule has 0 amide bonds. The van der Waals surface area contributed by atoms with Crippen LogP contribution in [-0.2, 0) is 0 Å². The third-order valence-corrected chi connectivity index (χ3v) is 2.79. The molecule has 2 atom stereocenters. The second-order valence-corrected chi connectivity index (χ2v) is 3.71. The van der Waals surface area contributed by atoms with Crippen LogP contribution in [0, 0.1) is 10.1 Å². The first-order valence-electron chi connectivity index (χ1n) is 5.01. The molecule has 0 bridgehead atoms. The van der Waals surface area contributed by atoms with E-state index in [-0.39, 0.29) is 11.7 Å². The van der Waals surface area contributed by atoms with Gasteiger partial charge in [-0.1, -0.05) is 12.1 Å². The summed E-state index contributed by atoms with van der Waals surface area (Å²) in [6.07, 6.45) is -0.584. The van der Waals surface area contributed by atoms with Gasteiger partial charge in [0.25, 0.3) is 5.69 Å². The van der Waals surface area contributed by atoms with Crippen LogP contribution in [0.4, 0.5) is 11.4 Å². The van der Waals surface area contributed by atoms with Crippen LogP contribution in [-0.4, -0.2) is 29.7 Å². The van der Waals surface area contributed by atoms with Crippen molar-refractivity contribution in [2.75, 3.05) is 18.9 Å². The molecule has 86 valence electrons. The Morgan fingerprint density at radius 2 is 2.38 bits per heavy atom. The third kappa shape index (κ3) is 1.62. The average molecular weight is 223 g/mol. The topological polar surface area (TPSA) is 87.4 Å². The maximum Gasteiger partial charge on any atom is 0.292 e. The van der Waals surface area contributed by atoms with Crippen LogP contribution in [0.15, 0.2) is 18.2 Å². The zero-order valence-corrected chi connectivity index (χ0v) is 8.80. The molecule has 0 aromatic heterocycles. The smallest absolute Gasteiger partial charge is 0.292 e. The molecule has 0 unspecified atom stereocenters. The fourth-order valence-corrected chi connectivity index (χ4v) is 2.04. The van der Waals surface area contributed by atoms with E-state index in [2.05, 4.69) is 10.6 Å². The van der Waals surface area contributed by atoms with Crippen LogP contribution in [0.1, 0.15) is 11.6 Å². The van der Waals surface area contributed by atoms with Crippen LogP contribution in [0.2, 0.25) is 0 Å². The lowest BCUT2D eigenvalue weighted by atomic mass is 9.95. The Morgan fingerprint density at radius 3 is 3.00 bits per heavy atom. The molecule has 1 heterocycles. The Balaban J connectivity index is 2.52. The van der Waals surface area contributed by atoms with Crippen LogP contribution in [0.5, 0.6) is 0 Å². The lowest BCUT2D eigenvalue weighted by Gasteiger charge is -2.30. The molecule has 6 heteroatoms. The molecular formula is C10H13N3O3. The number of aliphatic hydroxyl groups is 1. The Labute approximate surface area is 92.4 Å². The van der Waals surface area contributed by atoms with Crippen molar-refractivity contribution >= 4 is 11.4 Å².